The predicted molar refractivity (Wildman–Crippen MR) is 115 cm³/mol. The number of aryl methyl sites for hydroxylation is 1. The fraction of sp³-hybridized carbons (Fsp3) is 0.182. The second kappa shape index (κ2) is 8.20. The van der Waals surface area contributed by atoms with Crippen molar-refractivity contribution in [2.45, 2.75) is 19.9 Å². The number of H-pyrrole nitrogens is 1. The van der Waals surface area contributed by atoms with Gasteiger partial charge in [-0.2, -0.15) is 0 Å². The largest absolute Gasteiger partial charge is 0.479 e. The molecule has 1 atom stereocenters. The number of anilines is 1. The molecule has 152 valence electrons. The predicted octanol–water partition coefficient (Wildman–Crippen LogP) is 4.22. The van der Waals surface area contributed by atoms with E-state index in [0.29, 0.717) is 22.9 Å². The minimum absolute atomic E-state index is 0.149. The number of rotatable bonds is 5. The van der Waals surface area contributed by atoms with Crippen LogP contribution < -0.4 is 15.4 Å². The summed E-state index contributed by atoms with van der Waals surface area (Å²) >= 11 is 0. The average Bonchev–Trinajstić information content (AvgIpc) is 3.16. The van der Waals surface area contributed by atoms with E-state index in [1.165, 1.54) is 0 Å². The lowest BCUT2D eigenvalue weighted by molar-refractivity contribution is 0.249. The summed E-state index contributed by atoms with van der Waals surface area (Å²) in [5, 5.41) is 13.6. The number of nitrogens with one attached hydrogen (secondary N) is 3. The van der Waals surface area contributed by atoms with Crippen molar-refractivity contribution in [3.8, 4) is 17.1 Å². The maximum atomic E-state index is 12.6. The van der Waals surface area contributed by atoms with Gasteiger partial charge in [-0.3, -0.25) is 15.4 Å². The smallest absolute Gasteiger partial charge is 0.320 e. The van der Waals surface area contributed by atoms with Crippen LogP contribution in [0.2, 0.25) is 0 Å². The van der Waals surface area contributed by atoms with Gasteiger partial charge in [0.15, 0.2) is 0 Å². The van der Waals surface area contributed by atoms with Crippen molar-refractivity contribution < 1.29 is 9.53 Å². The van der Waals surface area contributed by atoms with Gasteiger partial charge in [0.1, 0.15) is 5.82 Å². The van der Waals surface area contributed by atoms with Crippen molar-refractivity contribution >= 4 is 22.8 Å². The summed E-state index contributed by atoms with van der Waals surface area (Å²) in [6.45, 7) is 3.84. The van der Waals surface area contributed by atoms with Crippen LogP contribution in [0.25, 0.3) is 22.2 Å². The van der Waals surface area contributed by atoms with Crippen molar-refractivity contribution in [2.24, 2.45) is 0 Å². The van der Waals surface area contributed by atoms with Crippen LogP contribution in [0.15, 0.2) is 54.7 Å². The second-order valence-electron chi connectivity index (χ2n) is 6.93. The lowest BCUT2D eigenvalue weighted by Crippen LogP contribution is -2.31. The van der Waals surface area contributed by atoms with Crippen molar-refractivity contribution in [3.05, 3.63) is 66.0 Å². The number of fused-ring (bicyclic) bond motifs is 1. The molecule has 0 fully saturated rings. The Bertz CT molecular complexity index is 1190. The van der Waals surface area contributed by atoms with Gasteiger partial charge < -0.3 is 10.1 Å². The molecule has 8 nitrogen and oxygen atoms in total. The summed E-state index contributed by atoms with van der Waals surface area (Å²) in [4.78, 5) is 21.5. The van der Waals surface area contributed by atoms with Gasteiger partial charge in [-0.1, -0.05) is 30.3 Å². The molecule has 0 spiro atoms. The number of hydrogen-bond acceptors (Lipinski definition) is 5. The third-order valence-corrected chi connectivity index (χ3v) is 4.76. The zero-order valence-electron chi connectivity index (χ0n) is 16.9. The zero-order valence-corrected chi connectivity index (χ0v) is 16.9. The number of carbonyl (C=O) groups excluding carboxylic acids is 1. The highest BCUT2D eigenvalue weighted by Gasteiger charge is 2.18. The summed E-state index contributed by atoms with van der Waals surface area (Å²) in [7, 11) is 1.56. The number of aromatic nitrogens is 4. The number of carbonyl (C=O) groups is 1. The molecule has 3 N–H and O–H groups in total. The van der Waals surface area contributed by atoms with Crippen LogP contribution in [0.5, 0.6) is 5.88 Å². The molecule has 0 radical (unpaired) electrons. The summed E-state index contributed by atoms with van der Waals surface area (Å²) in [5.41, 5.74) is 4.08. The first-order valence-electron chi connectivity index (χ1n) is 9.53. The maximum Gasteiger partial charge on any atom is 0.320 e. The molecule has 3 heterocycles. The van der Waals surface area contributed by atoms with E-state index in [1.807, 2.05) is 56.3 Å². The van der Waals surface area contributed by atoms with Crippen molar-refractivity contribution in [2.75, 3.05) is 12.4 Å². The van der Waals surface area contributed by atoms with Crippen LogP contribution in [0.4, 0.5) is 10.6 Å². The molecule has 0 aliphatic carbocycles. The third kappa shape index (κ3) is 3.93. The van der Waals surface area contributed by atoms with Gasteiger partial charge in [-0.05, 0) is 31.5 Å². The Hall–Kier alpha value is -3.94. The van der Waals surface area contributed by atoms with Crippen molar-refractivity contribution in [1.82, 2.24) is 25.5 Å². The van der Waals surface area contributed by atoms with Crippen LogP contribution in [0.3, 0.4) is 0 Å². The Morgan fingerprint density at radius 2 is 1.97 bits per heavy atom. The molecule has 0 unspecified atom stereocenters. The number of aromatic amines is 1. The Labute approximate surface area is 173 Å². The monoisotopic (exact) mass is 402 g/mol. The molecule has 0 aliphatic rings. The fourth-order valence-electron chi connectivity index (χ4n) is 3.30. The van der Waals surface area contributed by atoms with E-state index >= 15 is 0 Å². The van der Waals surface area contributed by atoms with Gasteiger partial charge in [-0.15, -0.1) is 5.10 Å². The van der Waals surface area contributed by atoms with Gasteiger partial charge in [0.2, 0.25) is 5.88 Å². The standard InChI is InChI=1S/C22H22N6O2/c1-13-11-16(9-10-23-13)20-19-17(27-28-21(19)30-3)12-18(25-20)26-22(29)24-14(2)15-7-5-4-6-8-15/h4-12,14H,1-3H3,(H,27,28)(H2,24,25,26,29)/t14-/m1/s1. The Kier molecular flexibility index (Phi) is 5.30. The van der Waals surface area contributed by atoms with Crippen LogP contribution in [-0.4, -0.2) is 33.3 Å². The molecule has 4 aromatic rings. The number of pyridine rings is 2. The number of urea groups is 1. The van der Waals surface area contributed by atoms with Crippen LogP contribution in [0.1, 0.15) is 24.2 Å². The van der Waals surface area contributed by atoms with Gasteiger partial charge in [0.25, 0.3) is 0 Å². The molecule has 8 heteroatoms. The fourth-order valence-corrected chi connectivity index (χ4v) is 3.30. The van der Waals surface area contributed by atoms with Gasteiger partial charge in [0.05, 0.1) is 29.7 Å². The highest BCUT2D eigenvalue weighted by atomic mass is 16.5. The van der Waals surface area contributed by atoms with Gasteiger partial charge >= 0.3 is 6.03 Å². The SMILES string of the molecule is COc1n[nH]c2cc(NC(=O)N[C@H](C)c3ccccc3)nc(-c3ccnc(C)c3)c12. The molecule has 4 rings (SSSR count). The van der Waals surface area contributed by atoms with E-state index < -0.39 is 0 Å². The molecular weight excluding hydrogens is 380 g/mol. The van der Waals surface area contributed by atoms with Crippen molar-refractivity contribution in [1.29, 1.82) is 0 Å². The Balaban J connectivity index is 1.66. The summed E-state index contributed by atoms with van der Waals surface area (Å²) in [6, 6.07) is 14.8. The molecule has 30 heavy (non-hydrogen) atoms. The van der Waals surface area contributed by atoms with E-state index in [9.17, 15) is 4.79 Å². The van der Waals surface area contributed by atoms with E-state index in [2.05, 4.69) is 30.8 Å². The normalized spacial score (nSPS) is 11.8. The number of amides is 2. The van der Waals surface area contributed by atoms with E-state index in [4.69, 9.17) is 4.74 Å². The molecule has 0 saturated carbocycles. The minimum Gasteiger partial charge on any atom is -0.479 e. The average molecular weight is 402 g/mol. The third-order valence-electron chi connectivity index (χ3n) is 4.76. The molecule has 0 aliphatic heterocycles. The number of hydrogen-bond donors (Lipinski definition) is 3. The van der Waals surface area contributed by atoms with Crippen molar-refractivity contribution in [3.63, 3.8) is 0 Å². The zero-order chi connectivity index (χ0) is 21.1. The molecule has 0 saturated heterocycles. The summed E-state index contributed by atoms with van der Waals surface area (Å²) in [6.07, 6.45) is 1.72. The van der Waals surface area contributed by atoms with Gasteiger partial charge in [0, 0.05) is 23.5 Å². The van der Waals surface area contributed by atoms with E-state index in [-0.39, 0.29) is 12.1 Å². The summed E-state index contributed by atoms with van der Waals surface area (Å²) in [5.74, 6) is 0.840. The number of nitrogens with zero attached hydrogens (tertiary/aromatic N) is 3. The number of methoxy groups -OCH3 is 1. The van der Waals surface area contributed by atoms with Crippen LogP contribution in [0, 0.1) is 6.92 Å². The molecule has 0 bridgehead atoms. The van der Waals surface area contributed by atoms with Crippen LogP contribution in [-0.2, 0) is 0 Å². The molecule has 2 amide bonds. The summed E-state index contributed by atoms with van der Waals surface area (Å²) < 4.78 is 5.38. The van der Waals surface area contributed by atoms with E-state index in [1.54, 1.807) is 19.4 Å². The Morgan fingerprint density at radius 3 is 2.70 bits per heavy atom. The first-order valence-corrected chi connectivity index (χ1v) is 9.53. The molecule has 1 aromatic carbocycles. The Morgan fingerprint density at radius 1 is 1.17 bits per heavy atom. The van der Waals surface area contributed by atoms with E-state index in [0.717, 1.165) is 22.2 Å². The molecular formula is C22H22N6O2. The number of benzene rings is 1. The second-order valence-corrected chi connectivity index (χ2v) is 6.93. The quantitative estimate of drug-likeness (QED) is 0.464. The first-order chi connectivity index (χ1) is 14.5. The highest BCUT2D eigenvalue weighted by molar-refractivity contribution is 5.99. The minimum atomic E-state index is -0.346. The van der Waals surface area contributed by atoms with Crippen LogP contribution >= 0.6 is 0 Å². The van der Waals surface area contributed by atoms with Gasteiger partial charge in [-0.25, -0.2) is 9.78 Å². The molecule has 3 aromatic heterocycles. The first kappa shape index (κ1) is 19.4. The maximum absolute atomic E-state index is 12.6. The highest BCUT2D eigenvalue weighted by Crippen LogP contribution is 2.34. The number of ether oxygens (including phenoxy) is 1. The topological polar surface area (TPSA) is 105 Å². The lowest BCUT2D eigenvalue weighted by atomic mass is 10.1. The lowest BCUT2D eigenvalue weighted by Gasteiger charge is -2.15.